The van der Waals surface area contributed by atoms with E-state index >= 15 is 0 Å². The van der Waals surface area contributed by atoms with Crippen molar-refractivity contribution in [3.63, 3.8) is 0 Å². The van der Waals surface area contributed by atoms with Crippen LogP contribution in [0.3, 0.4) is 0 Å². The molecule has 28 heavy (non-hydrogen) atoms. The van der Waals surface area contributed by atoms with E-state index in [9.17, 15) is 18.8 Å². The summed E-state index contributed by atoms with van der Waals surface area (Å²) >= 11 is 0. The number of hydrogen-bond donors (Lipinski definition) is 1. The van der Waals surface area contributed by atoms with Crippen molar-refractivity contribution < 1.29 is 18.8 Å². The summed E-state index contributed by atoms with van der Waals surface area (Å²) in [5, 5.41) is 2.84. The van der Waals surface area contributed by atoms with Gasteiger partial charge in [0.1, 0.15) is 5.82 Å². The summed E-state index contributed by atoms with van der Waals surface area (Å²) in [6.07, 6.45) is 0.454. The fraction of sp³-hybridized carbons (Fsp3) is 0.286. The lowest BCUT2D eigenvalue weighted by Crippen LogP contribution is -2.35. The Morgan fingerprint density at radius 1 is 1.11 bits per heavy atom. The molecule has 0 bridgehead atoms. The molecule has 3 rings (SSSR count). The zero-order valence-corrected chi connectivity index (χ0v) is 15.7. The molecule has 1 saturated heterocycles. The quantitative estimate of drug-likeness (QED) is 0.776. The molecule has 0 saturated carbocycles. The van der Waals surface area contributed by atoms with Gasteiger partial charge >= 0.3 is 6.03 Å². The van der Waals surface area contributed by atoms with Crippen molar-refractivity contribution in [1.82, 2.24) is 9.80 Å². The van der Waals surface area contributed by atoms with Gasteiger partial charge < -0.3 is 10.2 Å². The standard InChI is InChI=1S/C21H22FN3O3/c1-2-24(13-15-6-5-8-17(22)12-15)21(28)23-18-9-4-3-7-16(18)14-25-19(26)10-11-20(25)27/h3-9,12H,2,10-11,13-14H2,1H3,(H,23,28). The third kappa shape index (κ3) is 4.54. The summed E-state index contributed by atoms with van der Waals surface area (Å²) in [7, 11) is 0. The van der Waals surface area contributed by atoms with E-state index in [-0.39, 0.29) is 49.6 Å². The van der Waals surface area contributed by atoms with Crippen LogP contribution in [0.15, 0.2) is 48.5 Å². The molecule has 7 heteroatoms. The highest BCUT2D eigenvalue weighted by atomic mass is 19.1. The summed E-state index contributed by atoms with van der Waals surface area (Å²) in [6, 6.07) is 12.9. The number of likely N-dealkylation sites (tertiary alicyclic amines) is 1. The van der Waals surface area contributed by atoms with Crippen LogP contribution in [0.2, 0.25) is 0 Å². The minimum Gasteiger partial charge on any atom is -0.320 e. The average Bonchev–Trinajstić information content (AvgIpc) is 2.99. The molecule has 0 atom stereocenters. The van der Waals surface area contributed by atoms with Crippen molar-refractivity contribution >= 4 is 23.5 Å². The first-order valence-electron chi connectivity index (χ1n) is 9.19. The highest BCUT2D eigenvalue weighted by Crippen LogP contribution is 2.22. The summed E-state index contributed by atoms with van der Waals surface area (Å²) in [5.74, 6) is -0.751. The molecule has 1 fully saturated rings. The smallest absolute Gasteiger partial charge is 0.320 e. The zero-order valence-electron chi connectivity index (χ0n) is 15.7. The number of para-hydroxylation sites is 1. The van der Waals surface area contributed by atoms with Crippen LogP contribution in [0.5, 0.6) is 0 Å². The molecule has 0 unspecified atom stereocenters. The van der Waals surface area contributed by atoms with Crippen LogP contribution in [0.1, 0.15) is 30.9 Å². The van der Waals surface area contributed by atoms with Gasteiger partial charge in [0.25, 0.3) is 0 Å². The van der Waals surface area contributed by atoms with E-state index in [0.29, 0.717) is 23.4 Å². The largest absolute Gasteiger partial charge is 0.322 e. The van der Waals surface area contributed by atoms with E-state index < -0.39 is 0 Å². The highest BCUT2D eigenvalue weighted by Gasteiger charge is 2.29. The van der Waals surface area contributed by atoms with E-state index in [4.69, 9.17) is 0 Å². The van der Waals surface area contributed by atoms with Gasteiger partial charge in [0, 0.05) is 31.6 Å². The number of urea groups is 1. The fourth-order valence-corrected chi connectivity index (χ4v) is 3.13. The molecular weight excluding hydrogens is 361 g/mol. The molecular formula is C21H22FN3O3. The minimum atomic E-state index is -0.348. The molecule has 2 aromatic rings. The van der Waals surface area contributed by atoms with Gasteiger partial charge in [-0.1, -0.05) is 30.3 Å². The molecule has 0 aliphatic carbocycles. The van der Waals surface area contributed by atoms with Crippen LogP contribution in [-0.2, 0) is 22.7 Å². The topological polar surface area (TPSA) is 69.7 Å². The van der Waals surface area contributed by atoms with Gasteiger partial charge in [0.2, 0.25) is 11.8 Å². The Labute approximate surface area is 162 Å². The summed E-state index contributed by atoms with van der Waals surface area (Å²) in [5.41, 5.74) is 1.91. The lowest BCUT2D eigenvalue weighted by molar-refractivity contribution is -0.139. The lowest BCUT2D eigenvalue weighted by Gasteiger charge is -2.23. The zero-order chi connectivity index (χ0) is 20.1. The Balaban J connectivity index is 1.72. The average molecular weight is 383 g/mol. The van der Waals surface area contributed by atoms with Gasteiger partial charge in [-0.2, -0.15) is 0 Å². The molecule has 4 amide bonds. The number of hydrogen-bond acceptors (Lipinski definition) is 3. The first-order valence-corrected chi connectivity index (χ1v) is 9.19. The molecule has 1 aliphatic heterocycles. The van der Waals surface area contributed by atoms with Crippen molar-refractivity contribution in [2.45, 2.75) is 32.9 Å². The fourth-order valence-electron chi connectivity index (χ4n) is 3.13. The maximum absolute atomic E-state index is 13.4. The summed E-state index contributed by atoms with van der Waals surface area (Å²) in [4.78, 5) is 39.3. The number of benzene rings is 2. The first-order chi connectivity index (χ1) is 13.5. The number of carbonyl (C=O) groups is 3. The number of carbonyl (C=O) groups excluding carboxylic acids is 3. The van der Waals surface area contributed by atoms with Crippen LogP contribution in [0.25, 0.3) is 0 Å². The van der Waals surface area contributed by atoms with Crippen LogP contribution in [0.4, 0.5) is 14.9 Å². The molecule has 1 aliphatic rings. The third-order valence-corrected chi connectivity index (χ3v) is 4.67. The molecule has 1 heterocycles. The number of nitrogens with one attached hydrogen (secondary N) is 1. The molecule has 6 nitrogen and oxygen atoms in total. The Kier molecular flexibility index (Phi) is 6.03. The van der Waals surface area contributed by atoms with Crippen LogP contribution in [0, 0.1) is 5.82 Å². The molecule has 1 N–H and O–H groups in total. The van der Waals surface area contributed by atoms with E-state index in [2.05, 4.69) is 5.32 Å². The molecule has 0 spiro atoms. The number of rotatable bonds is 6. The van der Waals surface area contributed by atoms with Crippen molar-refractivity contribution in [3.05, 3.63) is 65.5 Å². The number of halogens is 1. The number of imide groups is 1. The predicted octanol–water partition coefficient (Wildman–Crippen LogP) is 3.53. The Hall–Kier alpha value is -3.22. The van der Waals surface area contributed by atoms with Crippen molar-refractivity contribution in [2.75, 3.05) is 11.9 Å². The normalized spacial score (nSPS) is 13.7. The van der Waals surface area contributed by atoms with E-state index in [1.54, 1.807) is 41.3 Å². The van der Waals surface area contributed by atoms with Gasteiger partial charge in [-0.3, -0.25) is 14.5 Å². The Bertz CT molecular complexity index is 884. The lowest BCUT2D eigenvalue weighted by atomic mass is 10.1. The van der Waals surface area contributed by atoms with Crippen molar-refractivity contribution in [1.29, 1.82) is 0 Å². The molecule has 2 aromatic carbocycles. The monoisotopic (exact) mass is 383 g/mol. The number of nitrogens with zero attached hydrogens (tertiary/aromatic N) is 2. The minimum absolute atomic E-state index is 0.129. The maximum Gasteiger partial charge on any atom is 0.322 e. The number of amides is 4. The van der Waals surface area contributed by atoms with Gasteiger partial charge in [-0.05, 0) is 36.2 Å². The van der Waals surface area contributed by atoms with E-state index in [1.165, 1.54) is 17.0 Å². The second kappa shape index (κ2) is 8.65. The van der Waals surface area contributed by atoms with Crippen LogP contribution in [-0.4, -0.2) is 34.2 Å². The van der Waals surface area contributed by atoms with Crippen LogP contribution >= 0.6 is 0 Å². The molecule has 0 aromatic heterocycles. The maximum atomic E-state index is 13.4. The van der Waals surface area contributed by atoms with Gasteiger partial charge in [-0.15, -0.1) is 0 Å². The second-order valence-electron chi connectivity index (χ2n) is 6.61. The second-order valence-corrected chi connectivity index (χ2v) is 6.61. The molecule has 0 radical (unpaired) electrons. The highest BCUT2D eigenvalue weighted by molar-refractivity contribution is 6.02. The van der Waals surface area contributed by atoms with E-state index in [1.807, 2.05) is 6.92 Å². The summed E-state index contributed by atoms with van der Waals surface area (Å²) in [6.45, 7) is 2.68. The SMILES string of the molecule is CCN(Cc1cccc(F)c1)C(=O)Nc1ccccc1CN1C(=O)CCC1=O. The number of anilines is 1. The van der Waals surface area contributed by atoms with Crippen LogP contribution < -0.4 is 5.32 Å². The van der Waals surface area contributed by atoms with Crippen molar-refractivity contribution in [3.8, 4) is 0 Å². The Morgan fingerprint density at radius 2 is 1.82 bits per heavy atom. The Morgan fingerprint density at radius 3 is 2.50 bits per heavy atom. The first kappa shape index (κ1) is 19.5. The third-order valence-electron chi connectivity index (χ3n) is 4.67. The summed E-state index contributed by atoms with van der Waals surface area (Å²) < 4.78 is 13.4. The predicted molar refractivity (Wildman–Crippen MR) is 103 cm³/mol. The van der Waals surface area contributed by atoms with Gasteiger partial charge in [0.05, 0.1) is 6.54 Å². The van der Waals surface area contributed by atoms with Gasteiger partial charge in [0.15, 0.2) is 0 Å². The van der Waals surface area contributed by atoms with E-state index in [0.717, 1.165) is 0 Å². The van der Waals surface area contributed by atoms with Crippen molar-refractivity contribution in [2.24, 2.45) is 0 Å². The molecule has 146 valence electrons. The van der Waals surface area contributed by atoms with Gasteiger partial charge in [-0.25, -0.2) is 9.18 Å².